The molecule has 0 radical (unpaired) electrons. The molecule has 0 aliphatic carbocycles. The van der Waals surface area contributed by atoms with Crippen LogP contribution in [0.25, 0.3) is 17.5 Å². The molecule has 200 valence electrons. The van der Waals surface area contributed by atoms with E-state index in [9.17, 15) is 12.8 Å². The number of rotatable bonds is 8. The zero-order valence-electron chi connectivity index (χ0n) is 21.5. The van der Waals surface area contributed by atoms with Gasteiger partial charge >= 0.3 is 0 Å². The Morgan fingerprint density at radius 1 is 1.26 bits per heavy atom. The highest BCUT2D eigenvalue weighted by Crippen LogP contribution is 2.32. The number of benzene rings is 1. The van der Waals surface area contributed by atoms with E-state index in [1.54, 1.807) is 30.5 Å². The van der Waals surface area contributed by atoms with E-state index in [0.29, 0.717) is 31.3 Å². The van der Waals surface area contributed by atoms with Gasteiger partial charge in [-0.2, -0.15) is 4.31 Å². The zero-order chi connectivity index (χ0) is 26.9. The van der Waals surface area contributed by atoms with Crippen LogP contribution in [-0.4, -0.2) is 76.9 Å². The molecule has 2 aromatic heterocycles. The summed E-state index contributed by atoms with van der Waals surface area (Å²) >= 11 is 0. The van der Waals surface area contributed by atoms with Crippen molar-refractivity contribution in [2.45, 2.75) is 31.8 Å². The maximum absolute atomic E-state index is 13.7. The highest BCUT2D eigenvalue weighted by Gasteiger charge is 2.36. The first-order valence-corrected chi connectivity index (χ1v) is 14.6. The van der Waals surface area contributed by atoms with Crippen LogP contribution in [-0.2, 0) is 10.0 Å². The number of likely N-dealkylation sites (tertiary alicyclic amines) is 1. The molecule has 0 amide bonds. The van der Waals surface area contributed by atoms with Crippen molar-refractivity contribution >= 4 is 27.8 Å². The first-order valence-electron chi connectivity index (χ1n) is 12.8. The number of aromatic nitrogens is 3. The van der Waals surface area contributed by atoms with Gasteiger partial charge in [0.1, 0.15) is 23.3 Å². The van der Waals surface area contributed by atoms with Gasteiger partial charge in [0.2, 0.25) is 10.0 Å². The van der Waals surface area contributed by atoms with Crippen molar-refractivity contribution < 1.29 is 12.8 Å². The molecule has 0 spiro atoms. The van der Waals surface area contributed by atoms with E-state index in [2.05, 4.69) is 14.9 Å². The Morgan fingerprint density at radius 2 is 2.05 bits per heavy atom. The number of pyridine rings is 1. The Labute approximate surface area is 222 Å². The lowest BCUT2D eigenvalue weighted by molar-refractivity contribution is 0.282. The van der Waals surface area contributed by atoms with E-state index < -0.39 is 10.0 Å². The minimum atomic E-state index is -3.23. The van der Waals surface area contributed by atoms with Crippen LogP contribution in [0.3, 0.4) is 0 Å². The number of hydrogen-bond donors (Lipinski definition) is 2. The smallest absolute Gasteiger partial charge is 0.211 e. The van der Waals surface area contributed by atoms with Crippen LogP contribution in [0.1, 0.15) is 37.2 Å². The second-order valence-corrected chi connectivity index (χ2v) is 11.6. The molecule has 9 nitrogen and oxygen atoms in total. The molecule has 1 aromatic carbocycles. The van der Waals surface area contributed by atoms with Gasteiger partial charge in [-0.15, -0.1) is 0 Å². The normalized spacial score (nSPS) is 18.5. The van der Waals surface area contributed by atoms with Crippen molar-refractivity contribution in [3.05, 3.63) is 71.9 Å². The number of anilines is 1. The number of amidine groups is 1. The molecule has 2 fully saturated rings. The molecule has 4 heterocycles. The molecule has 0 unspecified atom stereocenters. The van der Waals surface area contributed by atoms with Crippen molar-refractivity contribution in [2.75, 3.05) is 37.3 Å². The van der Waals surface area contributed by atoms with Crippen molar-refractivity contribution in [2.24, 2.45) is 0 Å². The Kier molecular flexibility index (Phi) is 7.31. The topological polar surface area (TPSA) is 109 Å². The first kappa shape index (κ1) is 26.1. The average molecular weight is 538 g/mol. The van der Waals surface area contributed by atoms with Crippen molar-refractivity contribution in [3.8, 4) is 11.4 Å². The molecular formula is C27H32FN7O2S. The molecule has 2 saturated heterocycles. The van der Waals surface area contributed by atoms with Gasteiger partial charge < -0.3 is 14.8 Å². The Morgan fingerprint density at radius 3 is 2.79 bits per heavy atom. The van der Waals surface area contributed by atoms with E-state index >= 15 is 0 Å². The largest absolute Gasteiger partial charge is 0.353 e. The molecule has 0 saturated carbocycles. The molecule has 1 atom stereocenters. The molecular weight excluding hydrogens is 505 g/mol. The molecule has 2 aliphatic heterocycles. The predicted molar refractivity (Wildman–Crippen MR) is 147 cm³/mol. The summed E-state index contributed by atoms with van der Waals surface area (Å²) in [6, 6.07) is 12.3. The second kappa shape index (κ2) is 10.7. The maximum Gasteiger partial charge on any atom is 0.211 e. The standard InChI is InChI=1S/C27H32FN7O2S/c1-3-35(38(2,36)37)21-17-33(18-21)27-11-5-9-22(32-27)23-16-30-26(31-23)13-12-25(29)34-14-6-10-24(34)19-7-4-8-20(28)15-19/h4-5,7-9,11-13,15-16,21,24,29H,3,6,10,14,17-18H2,1-2H3,(H,30,31)/b13-12-,29-25?/t24-/m1/s1. The van der Waals surface area contributed by atoms with Gasteiger partial charge in [0, 0.05) is 26.2 Å². The molecule has 11 heteroatoms. The number of nitrogens with one attached hydrogen (secondary N) is 2. The summed E-state index contributed by atoms with van der Waals surface area (Å²) in [5.74, 6) is 1.49. The lowest BCUT2D eigenvalue weighted by atomic mass is 10.0. The van der Waals surface area contributed by atoms with Crippen LogP contribution < -0.4 is 4.90 Å². The third-order valence-electron chi connectivity index (χ3n) is 7.13. The van der Waals surface area contributed by atoms with Gasteiger partial charge in [-0.25, -0.2) is 22.8 Å². The van der Waals surface area contributed by atoms with Crippen LogP contribution in [0.2, 0.25) is 0 Å². The van der Waals surface area contributed by atoms with Crippen LogP contribution in [0, 0.1) is 11.2 Å². The van der Waals surface area contributed by atoms with Crippen molar-refractivity contribution in [3.63, 3.8) is 0 Å². The number of H-pyrrole nitrogens is 1. The lowest BCUT2D eigenvalue weighted by Crippen LogP contribution is -2.60. The highest BCUT2D eigenvalue weighted by molar-refractivity contribution is 7.88. The van der Waals surface area contributed by atoms with Crippen LogP contribution >= 0.6 is 0 Å². The fraction of sp³-hybridized carbons (Fsp3) is 0.370. The SMILES string of the molecule is CCN(C1CN(c2cccc(-c3cnc(/C=C\C(=N)N4CCC[C@@H]4c4cccc(F)c4)[nH]3)n2)C1)S(C)(=O)=O. The number of aromatic amines is 1. The summed E-state index contributed by atoms with van der Waals surface area (Å²) in [5, 5.41) is 8.59. The van der Waals surface area contributed by atoms with E-state index in [-0.39, 0.29) is 17.9 Å². The third kappa shape index (κ3) is 5.48. The van der Waals surface area contributed by atoms with Gasteiger partial charge in [0.25, 0.3) is 0 Å². The van der Waals surface area contributed by atoms with Gasteiger partial charge in [0.05, 0.1) is 35.9 Å². The van der Waals surface area contributed by atoms with Gasteiger partial charge in [-0.05, 0) is 54.8 Å². The predicted octanol–water partition coefficient (Wildman–Crippen LogP) is 3.91. The number of imidazole rings is 1. The number of likely N-dealkylation sites (N-methyl/N-ethyl adjacent to an activating group) is 1. The number of halogens is 1. The Hall–Kier alpha value is -3.57. The molecule has 2 N–H and O–H groups in total. The van der Waals surface area contributed by atoms with Crippen LogP contribution in [0.4, 0.5) is 10.2 Å². The summed E-state index contributed by atoms with van der Waals surface area (Å²) in [6.07, 6.45) is 8.27. The highest BCUT2D eigenvalue weighted by atomic mass is 32.2. The summed E-state index contributed by atoms with van der Waals surface area (Å²) in [4.78, 5) is 16.5. The molecule has 2 aliphatic rings. The Balaban J connectivity index is 1.23. The van der Waals surface area contributed by atoms with Crippen LogP contribution in [0.5, 0.6) is 0 Å². The van der Waals surface area contributed by atoms with Gasteiger partial charge in [-0.3, -0.25) is 5.41 Å². The van der Waals surface area contributed by atoms with E-state index in [0.717, 1.165) is 42.2 Å². The Bertz CT molecular complexity index is 1450. The minimum Gasteiger partial charge on any atom is -0.353 e. The van der Waals surface area contributed by atoms with Crippen molar-refractivity contribution in [1.82, 2.24) is 24.2 Å². The lowest BCUT2D eigenvalue weighted by Gasteiger charge is -2.44. The summed E-state index contributed by atoms with van der Waals surface area (Å²) in [5.41, 5.74) is 2.37. The maximum atomic E-state index is 13.7. The summed E-state index contributed by atoms with van der Waals surface area (Å²) in [7, 11) is -3.23. The summed E-state index contributed by atoms with van der Waals surface area (Å²) < 4.78 is 39.2. The quantitative estimate of drug-likeness (QED) is 0.333. The monoisotopic (exact) mass is 537 g/mol. The number of sulfonamides is 1. The van der Waals surface area contributed by atoms with E-state index in [1.807, 2.05) is 36.1 Å². The fourth-order valence-corrected chi connectivity index (χ4v) is 6.40. The number of hydrogen-bond acceptors (Lipinski definition) is 6. The van der Waals surface area contributed by atoms with Crippen molar-refractivity contribution in [1.29, 1.82) is 5.41 Å². The molecule has 0 bridgehead atoms. The molecule has 3 aromatic rings. The van der Waals surface area contributed by atoms with E-state index in [1.165, 1.54) is 16.6 Å². The first-order chi connectivity index (χ1) is 18.2. The molecule has 5 rings (SSSR count). The van der Waals surface area contributed by atoms with Gasteiger partial charge in [-0.1, -0.05) is 25.1 Å². The number of nitrogens with zero attached hydrogens (tertiary/aromatic N) is 5. The summed E-state index contributed by atoms with van der Waals surface area (Å²) in [6.45, 7) is 4.26. The fourth-order valence-electron chi connectivity index (χ4n) is 5.26. The third-order valence-corrected chi connectivity index (χ3v) is 8.54. The second-order valence-electron chi connectivity index (χ2n) is 9.71. The van der Waals surface area contributed by atoms with E-state index in [4.69, 9.17) is 10.4 Å². The average Bonchev–Trinajstić information content (AvgIpc) is 3.54. The van der Waals surface area contributed by atoms with Crippen LogP contribution in [0.15, 0.2) is 54.7 Å². The van der Waals surface area contributed by atoms with Gasteiger partial charge in [0.15, 0.2) is 0 Å². The molecule has 38 heavy (non-hydrogen) atoms. The minimum absolute atomic E-state index is 0.00936. The zero-order valence-corrected chi connectivity index (χ0v) is 22.3.